The molecule has 5 nitrogen and oxygen atoms in total. The summed E-state index contributed by atoms with van der Waals surface area (Å²) >= 11 is 0. The minimum atomic E-state index is 0.0577. The van der Waals surface area contributed by atoms with Crippen molar-refractivity contribution in [1.82, 2.24) is 10.2 Å². The molecule has 0 saturated heterocycles. The molecule has 2 N–H and O–H groups in total. The fraction of sp³-hybridized carbons (Fsp3) is 0.286. The molecular formula is C14H15N3O2. The Labute approximate surface area is 111 Å². The largest absolute Gasteiger partial charge is 0.488 e. The van der Waals surface area contributed by atoms with Crippen molar-refractivity contribution < 1.29 is 9.47 Å². The van der Waals surface area contributed by atoms with Gasteiger partial charge in [-0.3, -0.25) is 0 Å². The molecule has 0 aliphatic carbocycles. The Bertz CT molecular complexity index is 584. The summed E-state index contributed by atoms with van der Waals surface area (Å²) in [6.07, 6.45) is 0.908. The normalized spacial score (nSPS) is 16.8. The lowest BCUT2D eigenvalue weighted by atomic mass is 10.0. The first kappa shape index (κ1) is 11.9. The standard InChI is InChI=1S/C14H15N3O2/c1-18-13-6-5-12(16-17-13)11-4-2-3-9-7-10(8-15)19-14(9)11/h2-6,10H,7-8,15H2,1H3/t10-/m0/s1. The third kappa shape index (κ3) is 2.13. The van der Waals surface area contributed by atoms with E-state index in [4.69, 9.17) is 15.2 Å². The maximum Gasteiger partial charge on any atom is 0.233 e. The second-order valence-corrected chi connectivity index (χ2v) is 4.43. The number of nitrogens with zero attached hydrogens (tertiary/aromatic N) is 2. The van der Waals surface area contributed by atoms with E-state index >= 15 is 0 Å². The van der Waals surface area contributed by atoms with Crippen LogP contribution in [0.25, 0.3) is 11.3 Å². The Kier molecular flexibility index (Phi) is 3.05. The van der Waals surface area contributed by atoms with Crippen LogP contribution in [0.15, 0.2) is 30.3 Å². The number of rotatable bonds is 3. The van der Waals surface area contributed by atoms with Gasteiger partial charge in [0.1, 0.15) is 11.9 Å². The van der Waals surface area contributed by atoms with Crippen LogP contribution in [0.5, 0.6) is 11.6 Å². The van der Waals surface area contributed by atoms with Gasteiger partial charge in [-0.15, -0.1) is 10.2 Å². The smallest absolute Gasteiger partial charge is 0.233 e. The van der Waals surface area contributed by atoms with E-state index in [-0.39, 0.29) is 6.10 Å². The molecule has 0 saturated carbocycles. The number of benzene rings is 1. The molecule has 0 fully saturated rings. The Hall–Kier alpha value is -2.14. The highest BCUT2D eigenvalue weighted by molar-refractivity contribution is 5.70. The summed E-state index contributed by atoms with van der Waals surface area (Å²) in [4.78, 5) is 0. The third-order valence-corrected chi connectivity index (χ3v) is 3.22. The summed E-state index contributed by atoms with van der Waals surface area (Å²) in [7, 11) is 1.57. The number of ether oxygens (including phenoxy) is 2. The molecule has 0 unspecified atom stereocenters. The molecule has 2 aromatic rings. The molecule has 98 valence electrons. The zero-order chi connectivity index (χ0) is 13.2. The van der Waals surface area contributed by atoms with Gasteiger partial charge in [-0.1, -0.05) is 12.1 Å². The molecule has 0 bridgehead atoms. The lowest BCUT2D eigenvalue weighted by Gasteiger charge is -2.10. The highest BCUT2D eigenvalue weighted by Crippen LogP contribution is 2.37. The Morgan fingerprint density at radius 1 is 1.32 bits per heavy atom. The van der Waals surface area contributed by atoms with E-state index in [0.29, 0.717) is 12.4 Å². The van der Waals surface area contributed by atoms with Gasteiger partial charge >= 0.3 is 0 Å². The van der Waals surface area contributed by atoms with E-state index in [2.05, 4.69) is 16.3 Å². The molecule has 2 heterocycles. The van der Waals surface area contributed by atoms with Crippen molar-refractivity contribution in [3.63, 3.8) is 0 Å². The summed E-state index contributed by atoms with van der Waals surface area (Å²) in [5.41, 5.74) is 8.56. The van der Waals surface area contributed by atoms with Crippen molar-refractivity contribution in [1.29, 1.82) is 0 Å². The highest BCUT2D eigenvalue weighted by atomic mass is 16.5. The Morgan fingerprint density at radius 2 is 2.21 bits per heavy atom. The molecule has 3 rings (SSSR count). The summed E-state index contributed by atoms with van der Waals surface area (Å²) < 4.78 is 10.9. The second-order valence-electron chi connectivity index (χ2n) is 4.43. The number of para-hydroxylation sites is 1. The molecule has 1 aromatic carbocycles. The van der Waals surface area contributed by atoms with E-state index in [1.165, 1.54) is 5.56 Å². The lowest BCUT2D eigenvalue weighted by Crippen LogP contribution is -2.24. The average Bonchev–Trinajstić information content (AvgIpc) is 2.90. The fourth-order valence-corrected chi connectivity index (χ4v) is 2.24. The summed E-state index contributed by atoms with van der Waals surface area (Å²) in [6, 6.07) is 9.71. The quantitative estimate of drug-likeness (QED) is 0.900. The van der Waals surface area contributed by atoms with Gasteiger partial charge in [0.15, 0.2) is 0 Å². The number of methoxy groups -OCH3 is 1. The van der Waals surface area contributed by atoms with Crippen LogP contribution in [0.4, 0.5) is 0 Å². The minimum absolute atomic E-state index is 0.0577. The van der Waals surface area contributed by atoms with Crippen LogP contribution < -0.4 is 15.2 Å². The monoisotopic (exact) mass is 257 g/mol. The van der Waals surface area contributed by atoms with Crippen molar-refractivity contribution in [3.05, 3.63) is 35.9 Å². The van der Waals surface area contributed by atoms with Crippen molar-refractivity contribution in [2.24, 2.45) is 5.73 Å². The molecule has 1 aliphatic heterocycles. The molecule has 1 aliphatic rings. The van der Waals surface area contributed by atoms with Gasteiger partial charge in [0, 0.05) is 24.6 Å². The van der Waals surface area contributed by atoms with Gasteiger partial charge in [0.25, 0.3) is 0 Å². The van der Waals surface area contributed by atoms with Gasteiger partial charge in [-0.2, -0.15) is 0 Å². The van der Waals surface area contributed by atoms with Crippen LogP contribution in [0.1, 0.15) is 5.56 Å². The number of hydrogen-bond donors (Lipinski definition) is 1. The summed E-state index contributed by atoms with van der Waals surface area (Å²) in [5, 5.41) is 8.15. The van der Waals surface area contributed by atoms with Crippen molar-refractivity contribution >= 4 is 0 Å². The average molecular weight is 257 g/mol. The van der Waals surface area contributed by atoms with E-state index in [9.17, 15) is 0 Å². The van der Waals surface area contributed by atoms with Crippen LogP contribution >= 0.6 is 0 Å². The van der Waals surface area contributed by atoms with E-state index in [0.717, 1.165) is 23.4 Å². The molecule has 19 heavy (non-hydrogen) atoms. The van der Waals surface area contributed by atoms with E-state index in [1.54, 1.807) is 13.2 Å². The van der Waals surface area contributed by atoms with Crippen molar-refractivity contribution in [2.45, 2.75) is 12.5 Å². The van der Waals surface area contributed by atoms with Gasteiger partial charge in [-0.05, 0) is 17.7 Å². The fourth-order valence-electron chi connectivity index (χ4n) is 2.24. The van der Waals surface area contributed by atoms with Crippen molar-refractivity contribution in [3.8, 4) is 22.9 Å². The predicted octanol–water partition coefficient (Wildman–Crippen LogP) is 1.41. The number of fused-ring (bicyclic) bond motifs is 1. The second kappa shape index (κ2) is 4.85. The Morgan fingerprint density at radius 3 is 2.89 bits per heavy atom. The van der Waals surface area contributed by atoms with E-state index < -0.39 is 0 Å². The van der Waals surface area contributed by atoms with Gasteiger partial charge in [0.2, 0.25) is 5.88 Å². The van der Waals surface area contributed by atoms with Crippen LogP contribution in [-0.4, -0.2) is 30.0 Å². The topological polar surface area (TPSA) is 70.3 Å². The van der Waals surface area contributed by atoms with Crippen LogP contribution in [-0.2, 0) is 6.42 Å². The number of nitrogens with two attached hydrogens (primary N) is 1. The number of hydrogen-bond acceptors (Lipinski definition) is 5. The van der Waals surface area contributed by atoms with Crippen LogP contribution in [0.2, 0.25) is 0 Å². The van der Waals surface area contributed by atoms with E-state index in [1.807, 2.05) is 18.2 Å². The van der Waals surface area contributed by atoms with Gasteiger partial charge in [-0.25, -0.2) is 0 Å². The maximum atomic E-state index is 5.87. The molecule has 0 spiro atoms. The first-order chi connectivity index (χ1) is 9.31. The van der Waals surface area contributed by atoms with Gasteiger partial charge in [0.05, 0.1) is 12.8 Å². The predicted molar refractivity (Wildman–Crippen MR) is 71.2 cm³/mol. The Balaban J connectivity index is 2.00. The molecule has 5 heteroatoms. The van der Waals surface area contributed by atoms with Gasteiger partial charge < -0.3 is 15.2 Å². The molecule has 1 aromatic heterocycles. The zero-order valence-electron chi connectivity index (χ0n) is 10.7. The number of aromatic nitrogens is 2. The van der Waals surface area contributed by atoms with Crippen LogP contribution in [0.3, 0.4) is 0 Å². The first-order valence-corrected chi connectivity index (χ1v) is 6.18. The summed E-state index contributed by atoms with van der Waals surface area (Å²) in [6.45, 7) is 0.516. The highest BCUT2D eigenvalue weighted by Gasteiger charge is 2.25. The molecule has 1 atom stereocenters. The lowest BCUT2D eigenvalue weighted by molar-refractivity contribution is 0.242. The SMILES string of the molecule is COc1ccc(-c2cccc3c2O[C@H](CN)C3)nn1. The molecule has 0 amide bonds. The molecular weight excluding hydrogens is 242 g/mol. The molecule has 0 radical (unpaired) electrons. The summed E-state index contributed by atoms with van der Waals surface area (Å²) in [5.74, 6) is 1.37. The third-order valence-electron chi connectivity index (χ3n) is 3.22. The minimum Gasteiger partial charge on any atom is -0.488 e. The maximum absolute atomic E-state index is 5.87. The first-order valence-electron chi connectivity index (χ1n) is 6.18. The zero-order valence-corrected chi connectivity index (χ0v) is 10.7. The van der Waals surface area contributed by atoms with Crippen LogP contribution in [0, 0.1) is 0 Å². The van der Waals surface area contributed by atoms with Crippen molar-refractivity contribution in [2.75, 3.05) is 13.7 Å².